The average Bonchev–Trinajstić information content (AvgIpc) is 3.15. The van der Waals surface area contributed by atoms with Crippen molar-refractivity contribution in [2.45, 2.75) is 136 Å². The van der Waals surface area contributed by atoms with Crippen molar-refractivity contribution in [3.8, 4) is 0 Å². The zero-order valence-corrected chi connectivity index (χ0v) is 36.5. The second-order valence-corrected chi connectivity index (χ2v) is 16.1. The minimum Gasteiger partial charge on any atom is -0.462 e. The Kier molecular flexibility index (Phi) is 35.4. The van der Waals surface area contributed by atoms with E-state index in [2.05, 4.69) is 98.9 Å². The summed E-state index contributed by atoms with van der Waals surface area (Å²) in [4.78, 5) is 35.3. The lowest BCUT2D eigenvalue weighted by Crippen LogP contribution is -2.37. The number of ether oxygens (including phenoxy) is 2. The van der Waals surface area contributed by atoms with Gasteiger partial charge in [0.15, 0.2) is 6.10 Å². The van der Waals surface area contributed by atoms with E-state index in [1.54, 1.807) is 0 Å². The van der Waals surface area contributed by atoms with Crippen molar-refractivity contribution in [1.82, 2.24) is 0 Å². The van der Waals surface area contributed by atoms with Gasteiger partial charge in [0.05, 0.1) is 27.7 Å². The van der Waals surface area contributed by atoms with E-state index in [9.17, 15) is 19.0 Å². The summed E-state index contributed by atoms with van der Waals surface area (Å²) in [7, 11) is 1.41. The fraction of sp³-hybridized carbons (Fsp3) is 0.609. The second-order valence-electron chi connectivity index (χ2n) is 14.6. The van der Waals surface area contributed by atoms with E-state index in [1.807, 2.05) is 33.3 Å². The molecule has 0 fully saturated rings. The quantitative estimate of drug-likeness (QED) is 0.0219. The van der Waals surface area contributed by atoms with Gasteiger partial charge in [0.25, 0.3) is 0 Å². The van der Waals surface area contributed by atoms with Crippen LogP contribution in [0.2, 0.25) is 0 Å². The Hall–Kier alpha value is -3.07. The van der Waals surface area contributed by atoms with Crippen molar-refractivity contribution in [3.05, 3.63) is 97.2 Å². The fourth-order valence-corrected chi connectivity index (χ4v) is 5.64. The van der Waals surface area contributed by atoms with Crippen molar-refractivity contribution >= 4 is 19.8 Å². The van der Waals surface area contributed by atoms with Gasteiger partial charge in [-0.3, -0.25) is 18.6 Å². The van der Waals surface area contributed by atoms with E-state index < -0.39 is 32.5 Å². The first-order chi connectivity index (χ1) is 27.0. The van der Waals surface area contributed by atoms with Gasteiger partial charge in [-0.15, -0.1) is 0 Å². The van der Waals surface area contributed by atoms with Crippen LogP contribution >= 0.6 is 7.82 Å². The van der Waals surface area contributed by atoms with Gasteiger partial charge in [-0.2, -0.15) is 0 Å². The molecule has 9 nitrogen and oxygen atoms in total. The molecule has 0 saturated heterocycles. The molecule has 0 aromatic heterocycles. The summed E-state index contributed by atoms with van der Waals surface area (Å²) < 4.78 is 34.1. The van der Waals surface area contributed by atoms with Crippen LogP contribution in [0, 0.1) is 0 Å². The third-order valence-electron chi connectivity index (χ3n) is 8.12. The minimum atomic E-state index is -4.40. The van der Waals surface area contributed by atoms with Crippen LogP contribution in [-0.2, 0) is 32.7 Å². The number of esters is 2. The van der Waals surface area contributed by atoms with E-state index in [0.29, 0.717) is 23.9 Å². The van der Waals surface area contributed by atoms with Gasteiger partial charge in [0, 0.05) is 12.8 Å². The van der Waals surface area contributed by atoms with Gasteiger partial charge in [0.1, 0.15) is 19.8 Å². The van der Waals surface area contributed by atoms with Gasteiger partial charge >= 0.3 is 19.8 Å². The fourth-order valence-electron chi connectivity index (χ4n) is 4.90. The number of allylic oxidation sites excluding steroid dienone is 16. The number of carbonyl (C=O) groups excluding carboxylic acids is 2. The van der Waals surface area contributed by atoms with Gasteiger partial charge in [-0.25, -0.2) is 4.57 Å². The lowest BCUT2D eigenvalue weighted by atomic mass is 10.1. The highest BCUT2D eigenvalue weighted by Gasteiger charge is 2.27. The summed E-state index contributed by atoms with van der Waals surface area (Å²) in [5.41, 5.74) is 0. The number of hydrogen-bond donors (Lipinski definition) is 1. The van der Waals surface area contributed by atoms with E-state index >= 15 is 0 Å². The maximum Gasteiger partial charge on any atom is 0.472 e. The van der Waals surface area contributed by atoms with Crippen LogP contribution in [-0.4, -0.2) is 74.9 Å². The number of phosphoric ester groups is 1. The highest BCUT2D eigenvalue weighted by molar-refractivity contribution is 7.47. The smallest absolute Gasteiger partial charge is 0.462 e. The van der Waals surface area contributed by atoms with Crippen LogP contribution < -0.4 is 0 Å². The lowest BCUT2D eigenvalue weighted by molar-refractivity contribution is -0.870. The van der Waals surface area contributed by atoms with E-state index in [0.717, 1.165) is 89.9 Å². The predicted molar refractivity (Wildman–Crippen MR) is 233 cm³/mol. The summed E-state index contributed by atoms with van der Waals surface area (Å²) >= 11 is 0. The van der Waals surface area contributed by atoms with Gasteiger partial charge < -0.3 is 18.9 Å². The number of phosphoric acid groups is 1. The van der Waals surface area contributed by atoms with Crippen LogP contribution in [0.4, 0.5) is 0 Å². The van der Waals surface area contributed by atoms with Crippen LogP contribution in [0.25, 0.3) is 0 Å². The van der Waals surface area contributed by atoms with Crippen molar-refractivity contribution in [2.24, 2.45) is 0 Å². The zero-order valence-electron chi connectivity index (χ0n) is 35.6. The Morgan fingerprint density at radius 2 is 1.00 bits per heavy atom. The molecule has 2 unspecified atom stereocenters. The molecular weight excluding hydrogens is 725 g/mol. The first-order valence-electron chi connectivity index (χ1n) is 21.0. The molecule has 0 amide bonds. The molecule has 2 atom stereocenters. The molecule has 1 N–H and O–H groups in total. The average molecular weight is 803 g/mol. The third kappa shape index (κ3) is 40.6. The first-order valence-corrected chi connectivity index (χ1v) is 22.5. The SMILES string of the molecule is CC/C=C\C/C=C\C/C=C\C/C=C\CCCCCCCCC(=O)OC(COC(=O)CC/C=C\C/C=C\C/C=C\C/C=C\CC)COP(=O)(O)OCC[N+](C)(C)C. The summed E-state index contributed by atoms with van der Waals surface area (Å²) in [6.07, 6.45) is 49.0. The molecule has 0 aliphatic rings. The number of rotatable bonds is 36. The van der Waals surface area contributed by atoms with Crippen LogP contribution in [0.15, 0.2) is 97.2 Å². The third-order valence-corrected chi connectivity index (χ3v) is 9.11. The number of hydrogen-bond acceptors (Lipinski definition) is 7. The number of likely N-dealkylation sites (N-methyl/N-ethyl adjacent to an activating group) is 1. The minimum absolute atomic E-state index is 0.0124. The normalized spacial score (nSPS) is 14.6. The molecule has 0 aliphatic heterocycles. The topological polar surface area (TPSA) is 108 Å². The monoisotopic (exact) mass is 803 g/mol. The molecule has 0 bridgehead atoms. The van der Waals surface area contributed by atoms with Gasteiger partial charge in [0.2, 0.25) is 0 Å². The van der Waals surface area contributed by atoms with Crippen molar-refractivity contribution in [1.29, 1.82) is 0 Å². The van der Waals surface area contributed by atoms with Crippen LogP contribution in [0.1, 0.15) is 129 Å². The molecule has 56 heavy (non-hydrogen) atoms. The van der Waals surface area contributed by atoms with Crippen LogP contribution in [0.5, 0.6) is 0 Å². The van der Waals surface area contributed by atoms with E-state index in [1.165, 1.54) is 0 Å². The van der Waals surface area contributed by atoms with Gasteiger partial charge in [-0.1, -0.05) is 137 Å². The number of quaternary nitrogens is 1. The lowest BCUT2D eigenvalue weighted by Gasteiger charge is -2.24. The summed E-state index contributed by atoms with van der Waals surface area (Å²) in [5.74, 6) is -0.922. The van der Waals surface area contributed by atoms with Crippen molar-refractivity contribution in [3.63, 3.8) is 0 Å². The van der Waals surface area contributed by atoms with Crippen LogP contribution in [0.3, 0.4) is 0 Å². The molecule has 0 heterocycles. The molecule has 0 aromatic rings. The van der Waals surface area contributed by atoms with E-state index in [-0.39, 0.29) is 26.1 Å². The maximum absolute atomic E-state index is 12.7. The largest absolute Gasteiger partial charge is 0.472 e. The molecule has 0 rings (SSSR count). The standard InChI is InChI=1S/C46H76NO8P/c1-6-8-10-12-14-16-18-20-21-22-23-24-25-27-29-31-33-35-37-39-46(49)55-44(43-54-56(50,51)53-41-40-47(3,4)5)42-52-45(48)38-36-34-32-30-28-26-19-17-15-13-11-9-7-2/h8-11,14-17,20-21,23-24,26,28,32,34,44H,6-7,12-13,18-19,22,25,27,29-31,33,35-43H2,1-5H3/p+1/b10-8-,11-9-,16-14-,17-15-,21-20-,24-23-,28-26-,34-32-. The molecule has 0 saturated carbocycles. The molecule has 0 spiro atoms. The second kappa shape index (κ2) is 37.5. The van der Waals surface area contributed by atoms with Gasteiger partial charge in [-0.05, 0) is 77.0 Å². The molecule has 0 aliphatic carbocycles. The Labute approximate surface area is 341 Å². The number of unbranched alkanes of at least 4 members (excludes halogenated alkanes) is 6. The van der Waals surface area contributed by atoms with E-state index in [4.69, 9.17) is 18.5 Å². The Balaban J connectivity index is 4.51. The summed E-state index contributed by atoms with van der Waals surface area (Å²) in [6.45, 7) is 4.05. The Morgan fingerprint density at radius 1 is 0.554 bits per heavy atom. The maximum atomic E-state index is 12.7. The highest BCUT2D eigenvalue weighted by Crippen LogP contribution is 2.43. The summed E-state index contributed by atoms with van der Waals surface area (Å²) in [5, 5.41) is 0. The van der Waals surface area contributed by atoms with Crippen molar-refractivity contribution < 1.29 is 42.1 Å². The highest BCUT2D eigenvalue weighted by atomic mass is 31.2. The predicted octanol–water partition coefficient (Wildman–Crippen LogP) is 11.8. The summed E-state index contributed by atoms with van der Waals surface area (Å²) in [6, 6.07) is 0. The Bertz CT molecular complexity index is 1270. The Morgan fingerprint density at radius 3 is 1.50 bits per heavy atom. The molecular formula is C46H77NO8P+. The number of nitrogens with zero attached hydrogens (tertiary/aromatic N) is 1. The molecule has 10 heteroatoms. The molecule has 0 radical (unpaired) electrons. The van der Waals surface area contributed by atoms with Crippen molar-refractivity contribution in [2.75, 3.05) is 47.5 Å². The first kappa shape index (κ1) is 52.9. The number of carbonyl (C=O) groups is 2. The zero-order chi connectivity index (χ0) is 41.4. The molecule has 0 aromatic carbocycles. The molecule has 318 valence electrons.